The summed E-state index contributed by atoms with van der Waals surface area (Å²) < 4.78 is 3.49. The van der Waals surface area contributed by atoms with Crippen LogP contribution >= 0.6 is 43.5 Å². The largest absolute Gasteiger partial charge is 0.386 e. The first-order valence-corrected chi connectivity index (χ1v) is 7.57. The summed E-state index contributed by atoms with van der Waals surface area (Å²) in [5.74, 6) is 0. The van der Waals surface area contributed by atoms with Gasteiger partial charge in [0.2, 0.25) is 0 Å². The van der Waals surface area contributed by atoms with Crippen molar-refractivity contribution in [2.24, 2.45) is 0 Å². The topological polar surface area (TPSA) is 50.9 Å². The van der Waals surface area contributed by atoms with Gasteiger partial charge in [-0.1, -0.05) is 31.9 Å². The maximum Gasteiger partial charge on any atom is 0.137 e. The van der Waals surface area contributed by atoms with E-state index in [0.717, 1.165) is 21.8 Å². The van der Waals surface area contributed by atoms with Gasteiger partial charge in [-0.05, 0) is 19.8 Å². The SMILES string of the molecule is C/C(Br)=C(\Br)CC(O)(Cn1cncn1)C1(Cl)CC1. The lowest BCUT2D eigenvalue weighted by atomic mass is 9.92. The van der Waals surface area contributed by atoms with Crippen LogP contribution in [0.2, 0.25) is 0 Å². The maximum absolute atomic E-state index is 10.9. The van der Waals surface area contributed by atoms with Gasteiger partial charge >= 0.3 is 0 Å². The summed E-state index contributed by atoms with van der Waals surface area (Å²) in [6.07, 6.45) is 5.14. The number of allylic oxidation sites excluding steroid dienone is 1. The van der Waals surface area contributed by atoms with E-state index in [-0.39, 0.29) is 0 Å². The molecule has 0 saturated heterocycles. The van der Waals surface area contributed by atoms with Crippen molar-refractivity contribution in [1.82, 2.24) is 14.8 Å². The van der Waals surface area contributed by atoms with Gasteiger partial charge in [0.15, 0.2) is 0 Å². The minimum atomic E-state index is -1.03. The third-order valence-corrected chi connectivity index (χ3v) is 5.85. The van der Waals surface area contributed by atoms with Crippen LogP contribution in [0.1, 0.15) is 26.2 Å². The number of nitrogens with zero attached hydrogens (tertiary/aromatic N) is 3. The first-order chi connectivity index (χ1) is 8.36. The van der Waals surface area contributed by atoms with E-state index in [1.807, 2.05) is 6.92 Å². The lowest BCUT2D eigenvalue weighted by molar-refractivity contribution is 0.00949. The van der Waals surface area contributed by atoms with Crippen molar-refractivity contribution >= 4 is 43.5 Å². The molecule has 1 aliphatic carbocycles. The molecule has 7 heteroatoms. The Labute approximate surface area is 128 Å². The van der Waals surface area contributed by atoms with Crippen LogP contribution in [0, 0.1) is 0 Å². The third kappa shape index (κ3) is 2.98. The molecule has 1 fully saturated rings. The van der Waals surface area contributed by atoms with Crippen molar-refractivity contribution in [1.29, 1.82) is 0 Å². The maximum atomic E-state index is 10.9. The Morgan fingerprint density at radius 3 is 2.67 bits per heavy atom. The summed E-state index contributed by atoms with van der Waals surface area (Å²) in [6, 6.07) is 0. The highest BCUT2D eigenvalue weighted by Crippen LogP contribution is 2.54. The van der Waals surface area contributed by atoms with E-state index in [4.69, 9.17) is 11.6 Å². The van der Waals surface area contributed by atoms with Gasteiger partial charge < -0.3 is 5.11 Å². The van der Waals surface area contributed by atoms with E-state index >= 15 is 0 Å². The molecule has 0 radical (unpaired) electrons. The fourth-order valence-electron chi connectivity index (χ4n) is 1.89. The van der Waals surface area contributed by atoms with Gasteiger partial charge in [0.05, 0.1) is 11.4 Å². The minimum Gasteiger partial charge on any atom is -0.386 e. The fourth-order valence-corrected chi connectivity index (χ4v) is 2.72. The first-order valence-electron chi connectivity index (χ1n) is 5.61. The van der Waals surface area contributed by atoms with Crippen LogP contribution in [0.25, 0.3) is 0 Å². The second-order valence-corrected chi connectivity index (χ2v) is 7.58. The molecule has 0 bridgehead atoms. The molecule has 100 valence electrons. The average Bonchev–Trinajstić information content (AvgIpc) is 2.86. The van der Waals surface area contributed by atoms with Crippen LogP contribution in [0.4, 0.5) is 0 Å². The van der Waals surface area contributed by atoms with E-state index in [1.165, 1.54) is 6.33 Å². The summed E-state index contributed by atoms with van der Waals surface area (Å²) in [5.41, 5.74) is -1.03. The minimum absolute atomic E-state index is 0.339. The number of aliphatic hydroxyl groups is 1. The predicted octanol–water partition coefficient (Wildman–Crippen LogP) is 3.19. The Bertz CT molecular complexity index is 455. The highest BCUT2D eigenvalue weighted by atomic mass is 79.9. The Kier molecular flexibility index (Phi) is 4.21. The second kappa shape index (κ2) is 5.23. The quantitative estimate of drug-likeness (QED) is 0.774. The number of rotatable bonds is 5. The molecule has 1 aromatic heterocycles. The van der Waals surface area contributed by atoms with Crippen molar-refractivity contribution in [2.75, 3.05) is 0 Å². The molecule has 2 rings (SSSR count). The molecule has 0 amide bonds. The molecule has 1 atom stereocenters. The number of hydrogen-bond acceptors (Lipinski definition) is 3. The molecule has 0 spiro atoms. The molecular formula is C11H14Br2ClN3O. The standard InChI is InChI=1S/C11H14Br2ClN3O/c1-8(12)9(13)4-11(18,10(14)2-3-10)5-17-7-15-6-16-17/h6-7,18H,2-5H2,1H3/b9-8+. The first kappa shape index (κ1) is 14.5. The van der Waals surface area contributed by atoms with Crippen LogP contribution in [-0.2, 0) is 6.54 Å². The van der Waals surface area contributed by atoms with Crippen molar-refractivity contribution in [3.63, 3.8) is 0 Å². The van der Waals surface area contributed by atoms with E-state index in [1.54, 1.807) is 11.0 Å². The van der Waals surface area contributed by atoms with Crippen LogP contribution < -0.4 is 0 Å². The van der Waals surface area contributed by atoms with Gasteiger partial charge in [0.25, 0.3) is 0 Å². The van der Waals surface area contributed by atoms with Crippen LogP contribution in [-0.4, -0.2) is 30.3 Å². The zero-order valence-corrected chi connectivity index (χ0v) is 13.8. The number of alkyl halides is 1. The molecule has 18 heavy (non-hydrogen) atoms. The van der Waals surface area contributed by atoms with Gasteiger partial charge in [-0.2, -0.15) is 5.10 Å². The molecule has 1 aromatic rings. The van der Waals surface area contributed by atoms with Crippen molar-refractivity contribution in [3.05, 3.63) is 21.6 Å². The molecule has 4 nitrogen and oxygen atoms in total. The average molecular weight is 400 g/mol. The van der Waals surface area contributed by atoms with Gasteiger partial charge in [0.1, 0.15) is 18.3 Å². The van der Waals surface area contributed by atoms with Crippen LogP contribution in [0.15, 0.2) is 21.6 Å². The highest BCUT2D eigenvalue weighted by molar-refractivity contribution is 9.14. The highest BCUT2D eigenvalue weighted by Gasteiger charge is 2.58. The van der Waals surface area contributed by atoms with E-state index in [0.29, 0.717) is 13.0 Å². The fraction of sp³-hybridized carbons (Fsp3) is 0.636. The lowest BCUT2D eigenvalue weighted by Crippen LogP contribution is -2.45. The van der Waals surface area contributed by atoms with Crippen molar-refractivity contribution in [3.8, 4) is 0 Å². The van der Waals surface area contributed by atoms with Gasteiger partial charge in [-0.25, -0.2) is 9.67 Å². The molecule has 1 saturated carbocycles. The summed E-state index contributed by atoms with van der Waals surface area (Å²) in [4.78, 5) is 3.33. The second-order valence-electron chi connectivity index (χ2n) is 4.71. The number of hydrogen-bond donors (Lipinski definition) is 1. The lowest BCUT2D eigenvalue weighted by Gasteiger charge is -2.33. The van der Waals surface area contributed by atoms with Gasteiger partial charge in [-0.15, -0.1) is 11.6 Å². The molecule has 0 aliphatic heterocycles. The predicted molar refractivity (Wildman–Crippen MR) is 78.0 cm³/mol. The Hall–Kier alpha value is 0.0900. The zero-order chi connectivity index (χ0) is 13.4. The Morgan fingerprint density at radius 2 is 2.22 bits per heavy atom. The van der Waals surface area contributed by atoms with Gasteiger partial charge in [-0.3, -0.25) is 0 Å². The molecular weight excluding hydrogens is 385 g/mol. The summed E-state index contributed by atoms with van der Waals surface area (Å²) in [6.45, 7) is 2.26. The summed E-state index contributed by atoms with van der Waals surface area (Å²) in [7, 11) is 0. The molecule has 1 unspecified atom stereocenters. The smallest absolute Gasteiger partial charge is 0.137 e. The van der Waals surface area contributed by atoms with E-state index in [9.17, 15) is 5.11 Å². The van der Waals surface area contributed by atoms with Crippen molar-refractivity contribution in [2.45, 2.75) is 43.2 Å². The van der Waals surface area contributed by atoms with E-state index < -0.39 is 10.5 Å². The Balaban J connectivity index is 2.21. The monoisotopic (exact) mass is 397 g/mol. The number of halogens is 3. The van der Waals surface area contributed by atoms with Crippen molar-refractivity contribution < 1.29 is 5.11 Å². The zero-order valence-electron chi connectivity index (χ0n) is 9.91. The normalized spacial score (nSPS) is 22.3. The van der Waals surface area contributed by atoms with Crippen LogP contribution in [0.3, 0.4) is 0 Å². The van der Waals surface area contributed by atoms with E-state index in [2.05, 4.69) is 41.9 Å². The molecule has 1 heterocycles. The summed E-state index contributed by atoms with van der Waals surface area (Å²) >= 11 is 13.3. The number of aromatic nitrogens is 3. The van der Waals surface area contributed by atoms with Gasteiger partial charge in [0, 0.05) is 15.4 Å². The van der Waals surface area contributed by atoms with Crippen LogP contribution in [0.5, 0.6) is 0 Å². The summed E-state index contributed by atoms with van der Waals surface area (Å²) in [5, 5.41) is 14.9. The third-order valence-electron chi connectivity index (χ3n) is 3.23. The molecule has 1 aliphatic rings. The molecule has 1 N–H and O–H groups in total. The Morgan fingerprint density at radius 1 is 1.56 bits per heavy atom. The molecule has 0 aromatic carbocycles.